The van der Waals surface area contributed by atoms with Gasteiger partial charge in [-0.05, 0) is 17.3 Å². The van der Waals surface area contributed by atoms with Crippen molar-refractivity contribution in [3.05, 3.63) is 34.1 Å². The molecule has 9 heteroatoms. The van der Waals surface area contributed by atoms with Gasteiger partial charge in [0.05, 0.1) is 10.0 Å². The topological polar surface area (TPSA) is 85.1 Å². The third-order valence-electron chi connectivity index (χ3n) is 1.96. The van der Waals surface area contributed by atoms with E-state index in [0.29, 0.717) is 0 Å². The highest BCUT2D eigenvalue weighted by Gasteiger charge is 2.21. The maximum Gasteiger partial charge on any atom is 0.277 e. The van der Waals surface area contributed by atoms with E-state index in [1.165, 1.54) is 25.1 Å². The van der Waals surface area contributed by atoms with Gasteiger partial charge in [-0.2, -0.15) is 4.98 Å². The normalized spacial score (nSPS) is 11.5. The van der Waals surface area contributed by atoms with Crippen molar-refractivity contribution in [3.63, 3.8) is 0 Å². The molecule has 0 aliphatic rings. The molecule has 2 rings (SSSR count). The van der Waals surface area contributed by atoms with Crippen LogP contribution in [-0.2, 0) is 10.0 Å². The second-order valence-corrected chi connectivity index (χ2v) is 5.73. The van der Waals surface area contributed by atoms with Crippen LogP contribution >= 0.6 is 23.2 Å². The van der Waals surface area contributed by atoms with E-state index in [0.717, 1.165) is 0 Å². The van der Waals surface area contributed by atoms with Crippen molar-refractivity contribution in [2.45, 2.75) is 11.8 Å². The fourth-order valence-electron chi connectivity index (χ4n) is 1.21. The number of hydrogen-bond donors (Lipinski definition) is 1. The number of nitrogens with zero attached hydrogens (tertiary/aromatic N) is 2. The molecule has 0 spiro atoms. The van der Waals surface area contributed by atoms with Crippen molar-refractivity contribution < 1.29 is 12.9 Å². The van der Waals surface area contributed by atoms with Gasteiger partial charge in [0.2, 0.25) is 5.89 Å². The molecule has 0 radical (unpaired) electrons. The fourth-order valence-corrected chi connectivity index (χ4v) is 2.91. The Labute approximate surface area is 113 Å². The molecule has 1 N–H and O–H groups in total. The van der Waals surface area contributed by atoms with Gasteiger partial charge in [-0.3, -0.25) is 0 Å². The number of anilines is 1. The van der Waals surface area contributed by atoms with Gasteiger partial charge in [0.15, 0.2) is 0 Å². The lowest BCUT2D eigenvalue weighted by atomic mass is 10.4. The predicted molar refractivity (Wildman–Crippen MR) is 66.3 cm³/mol. The lowest BCUT2D eigenvalue weighted by Crippen LogP contribution is -2.14. The second kappa shape index (κ2) is 4.75. The summed E-state index contributed by atoms with van der Waals surface area (Å²) >= 11 is 11.6. The van der Waals surface area contributed by atoms with Crippen molar-refractivity contribution >= 4 is 39.2 Å². The molecule has 0 atom stereocenters. The van der Waals surface area contributed by atoms with Crippen LogP contribution in [0.1, 0.15) is 5.89 Å². The lowest BCUT2D eigenvalue weighted by molar-refractivity contribution is 0.395. The van der Waals surface area contributed by atoms with Crippen LogP contribution in [0.2, 0.25) is 10.0 Å². The summed E-state index contributed by atoms with van der Waals surface area (Å²) in [6.07, 6.45) is 0. The first-order valence-corrected chi connectivity index (χ1v) is 6.91. The van der Waals surface area contributed by atoms with Crippen LogP contribution in [0.15, 0.2) is 27.6 Å². The lowest BCUT2D eigenvalue weighted by Gasteiger charge is -2.06. The van der Waals surface area contributed by atoms with Crippen LogP contribution in [0.4, 0.5) is 5.95 Å². The number of halogens is 2. The number of hydrogen-bond acceptors (Lipinski definition) is 5. The van der Waals surface area contributed by atoms with Crippen LogP contribution in [0.5, 0.6) is 0 Å². The van der Waals surface area contributed by atoms with Gasteiger partial charge in [-0.15, -0.1) is 0 Å². The maximum absolute atomic E-state index is 12.0. The SMILES string of the molecule is Cc1nc(NS(=O)(=O)c2cccc(Cl)c2Cl)no1. The third-order valence-corrected chi connectivity index (χ3v) is 4.26. The van der Waals surface area contributed by atoms with Gasteiger partial charge < -0.3 is 4.52 Å². The number of sulfonamides is 1. The number of nitrogens with one attached hydrogen (secondary N) is 1. The molecular weight excluding hydrogens is 301 g/mol. The molecule has 0 bridgehead atoms. The molecule has 0 aliphatic carbocycles. The number of rotatable bonds is 3. The quantitative estimate of drug-likeness (QED) is 0.941. The summed E-state index contributed by atoms with van der Waals surface area (Å²) in [5.41, 5.74) is 0. The van der Waals surface area contributed by atoms with Crippen LogP contribution in [0, 0.1) is 6.92 Å². The summed E-state index contributed by atoms with van der Waals surface area (Å²) < 4.78 is 30.8. The number of aryl methyl sites for hydroxylation is 1. The van der Waals surface area contributed by atoms with Crippen LogP contribution < -0.4 is 4.72 Å². The number of aromatic nitrogens is 2. The minimum atomic E-state index is -3.90. The Morgan fingerprint density at radius 2 is 2.06 bits per heavy atom. The zero-order chi connectivity index (χ0) is 13.3. The number of benzene rings is 1. The molecule has 2 aromatic rings. The summed E-state index contributed by atoms with van der Waals surface area (Å²) in [6, 6.07) is 4.29. The molecule has 0 fully saturated rings. The monoisotopic (exact) mass is 307 g/mol. The van der Waals surface area contributed by atoms with E-state index in [9.17, 15) is 8.42 Å². The molecule has 6 nitrogen and oxygen atoms in total. The summed E-state index contributed by atoms with van der Waals surface area (Å²) in [4.78, 5) is 3.58. The van der Waals surface area contributed by atoms with Gasteiger partial charge in [-0.25, -0.2) is 13.1 Å². The summed E-state index contributed by atoms with van der Waals surface area (Å²) in [5.74, 6) is 0.0773. The standard InChI is InChI=1S/C9H7Cl2N3O3S/c1-5-12-9(13-17-5)14-18(15,16)7-4-2-3-6(10)8(7)11/h2-4H,1H3,(H,13,14). The molecule has 1 heterocycles. The highest BCUT2D eigenvalue weighted by molar-refractivity contribution is 7.92. The Balaban J connectivity index is 2.40. The van der Waals surface area contributed by atoms with Gasteiger partial charge in [0, 0.05) is 6.92 Å². The van der Waals surface area contributed by atoms with E-state index in [2.05, 4.69) is 19.4 Å². The van der Waals surface area contributed by atoms with E-state index in [1.54, 1.807) is 0 Å². The fraction of sp³-hybridized carbons (Fsp3) is 0.111. The molecule has 1 aromatic heterocycles. The van der Waals surface area contributed by atoms with Crippen molar-refractivity contribution in [1.29, 1.82) is 0 Å². The average molecular weight is 308 g/mol. The van der Waals surface area contributed by atoms with E-state index in [-0.39, 0.29) is 26.8 Å². The molecule has 0 unspecified atom stereocenters. The zero-order valence-corrected chi connectivity index (χ0v) is 11.3. The first-order valence-electron chi connectivity index (χ1n) is 4.67. The Morgan fingerprint density at radius 1 is 1.33 bits per heavy atom. The second-order valence-electron chi connectivity index (χ2n) is 3.29. The molecular formula is C9H7Cl2N3O3S. The van der Waals surface area contributed by atoms with E-state index < -0.39 is 10.0 Å². The van der Waals surface area contributed by atoms with Gasteiger partial charge in [0.25, 0.3) is 16.0 Å². The summed E-state index contributed by atoms with van der Waals surface area (Å²) in [5, 5.41) is 3.51. The van der Waals surface area contributed by atoms with Crippen LogP contribution in [0.3, 0.4) is 0 Å². The van der Waals surface area contributed by atoms with Gasteiger partial charge in [-0.1, -0.05) is 29.3 Å². The van der Waals surface area contributed by atoms with E-state index in [4.69, 9.17) is 23.2 Å². The third kappa shape index (κ3) is 2.58. The molecule has 0 saturated heterocycles. The molecule has 96 valence electrons. The smallest absolute Gasteiger partial charge is 0.277 e. The van der Waals surface area contributed by atoms with Crippen molar-refractivity contribution in [1.82, 2.24) is 10.1 Å². The minimum Gasteiger partial charge on any atom is -0.338 e. The Bertz CT molecular complexity index is 684. The molecule has 0 amide bonds. The minimum absolute atomic E-state index is 0.0631. The molecule has 1 aromatic carbocycles. The summed E-state index contributed by atoms with van der Waals surface area (Å²) in [7, 11) is -3.90. The first kappa shape index (κ1) is 13.1. The van der Waals surface area contributed by atoms with Gasteiger partial charge in [0.1, 0.15) is 4.90 Å². The summed E-state index contributed by atoms with van der Waals surface area (Å²) in [6.45, 7) is 1.54. The van der Waals surface area contributed by atoms with E-state index >= 15 is 0 Å². The highest BCUT2D eigenvalue weighted by atomic mass is 35.5. The average Bonchev–Trinajstić information content (AvgIpc) is 2.67. The van der Waals surface area contributed by atoms with E-state index in [1.807, 2.05) is 0 Å². The Kier molecular flexibility index (Phi) is 3.47. The van der Waals surface area contributed by atoms with Crippen molar-refractivity contribution in [2.75, 3.05) is 4.72 Å². The maximum atomic E-state index is 12.0. The van der Waals surface area contributed by atoms with Crippen LogP contribution in [-0.4, -0.2) is 18.6 Å². The van der Waals surface area contributed by atoms with Gasteiger partial charge >= 0.3 is 0 Å². The largest absolute Gasteiger partial charge is 0.338 e. The first-order chi connectivity index (χ1) is 8.40. The van der Waals surface area contributed by atoms with Crippen molar-refractivity contribution in [2.24, 2.45) is 0 Å². The zero-order valence-electron chi connectivity index (χ0n) is 9.02. The molecule has 0 saturated carbocycles. The predicted octanol–water partition coefficient (Wildman–Crippen LogP) is 2.49. The molecule has 0 aliphatic heterocycles. The van der Waals surface area contributed by atoms with Crippen LogP contribution in [0.25, 0.3) is 0 Å². The van der Waals surface area contributed by atoms with Crippen molar-refractivity contribution in [3.8, 4) is 0 Å². The Hall–Kier alpha value is -1.31. The highest BCUT2D eigenvalue weighted by Crippen LogP contribution is 2.29. The Morgan fingerprint density at radius 3 is 2.67 bits per heavy atom. The molecule has 18 heavy (non-hydrogen) atoms.